The summed E-state index contributed by atoms with van der Waals surface area (Å²) in [6.45, 7) is 4.74. The van der Waals surface area contributed by atoms with E-state index in [-0.39, 0.29) is 5.41 Å². The number of anilines is 3. The fourth-order valence-corrected chi connectivity index (χ4v) is 12.4. The molecule has 330 valence electrons. The van der Waals surface area contributed by atoms with E-state index in [0.29, 0.717) is 0 Å². The maximum absolute atomic E-state index is 7.54. The number of benzene rings is 11. The molecule has 0 saturated heterocycles. The summed E-state index contributed by atoms with van der Waals surface area (Å²) in [5, 5.41) is 4.44. The topological polar surface area (TPSA) is 16.4 Å². The predicted molar refractivity (Wildman–Crippen MR) is 292 cm³/mol. The zero-order valence-electron chi connectivity index (χ0n) is 39.0. The van der Waals surface area contributed by atoms with E-state index in [0.717, 1.165) is 60.9 Å². The van der Waals surface area contributed by atoms with Crippen LogP contribution in [0.2, 0.25) is 0 Å². The van der Waals surface area contributed by atoms with Crippen molar-refractivity contribution in [2.24, 2.45) is 0 Å². The van der Waals surface area contributed by atoms with Gasteiger partial charge in [-0.1, -0.05) is 226 Å². The second-order valence-electron chi connectivity index (χ2n) is 19.5. The number of nitrogens with zero attached hydrogens (tertiary/aromatic N) is 1. The van der Waals surface area contributed by atoms with E-state index < -0.39 is 5.41 Å². The van der Waals surface area contributed by atoms with Crippen LogP contribution in [0.15, 0.2) is 253 Å². The Labute approximate surface area is 408 Å². The van der Waals surface area contributed by atoms with E-state index >= 15 is 0 Å². The van der Waals surface area contributed by atoms with E-state index in [1.807, 2.05) is 0 Å². The minimum Gasteiger partial charge on any atom is -0.453 e. The van der Waals surface area contributed by atoms with Crippen molar-refractivity contribution in [2.75, 3.05) is 4.90 Å². The molecule has 2 aliphatic rings. The Morgan fingerprint density at radius 3 is 1.44 bits per heavy atom. The molecule has 14 rings (SSSR count). The summed E-state index contributed by atoms with van der Waals surface area (Å²) in [6.07, 6.45) is 0. The average molecular weight is 894 g/mol. The molecule has 0 amide bonds. The fraction of sp³-hybridized carbons (Fsp3) is 0.0588. The van der Waals surface area contributed by atoms with Gasteiger partial charge in [0.25, 0.3) is 0 Å². The van der Waals surface area contributed by atoms with Crippen LogP contribution in [0.25, 0.3) is 77.2 Å². The summed E-state index contributed by atoms with van der Waals surface area (Å²) >= 11 is 0. The van der Waals surface area contributed by atoms with Gasteiger partial charge >= 0.3 is 0 Å². The summed E-state index contributed by atoms with van der Waals surface area (Å²) in [5.74, 6) is 0. The Hall–Kier alpha value is -8.72. The summed E-state index contributed by atoms with van der Waals surface area (Å²) < 4.78 is 7.54. The van der Waals surface area contributed by atoms with Gasteiger partial charge in [0.15, 0.2) is 5.58 Å². The van der Waals surface area contributed by atoms with Gasteiger partial charge in [-0.2, -0.15) is 0 Å². The highest BCUT2D eigenvalue weighted by atomic mass is 16.3. The standard InChI is InChI=1S/C68H47NO/c1-67(2)59-33-19-17-30-52(59)54-37-35-48(41-61(54)67)69(49-36-38-55-53-31-18-20-34-60(53)68(62(55)42-49,46-25-11-5-12-26-46)47-27-13-6-14-28-47)63-40-39-50(44-21-7-3-8-22-44)64-58-43-57(45-23-9-4-10-24-45)51-29-15-16-32-56(51)65(58)70-66(63)64/h3-43H,1-2H3. The maximum Gasteiger partial charge on any atom is 0.160 e. The zero-order chi connectivity index (χ0) is 46.6. The lowest BCUT2D eigenvalue weighted by atomic mass is 9.67. The third kappa shape index (κ3) is 5.74. The highest BCUT2D eigenvalue weighted by Crippen LogP contribution is 2.58. The van der Waals surface area contributed by atoms with Crippen LogP contribution >= 0.6 is 0 Å². The van der Waals surface area contributed by atoms with Gasteiger partial charge in [0.05, 0.1) is 11.1 Å². The van der Waals surface area contributed by atoms with Crippen molar-refractivity contribution in [3.63, 3.8) is 0 Å². The summed E-state index contributed by atoms with van der Waals surface area (Å²) in [4.78, 5) is 2.48. The largest absolute Gasteiger partial charge is 0.453 e. The lowest BCUT2D eigenvalue weighted by molar-refractivity contribution is 0.660. The number of hydrogen-bond acceptors (Lipinski definition) is 2. The van der Waals surface area contributed by atoms with E-state index in [9.17, 15) is 0 Å². The van der Waals surface area contributed by atoms with Crippen LogP contribution in [0.4, 0.5) is 17.1 Å². The van der Waals surface area contributed by atoms with Crippen molar-refractivity contribution >= 4 is 49.8 Å². The molecule has 2 aliphatic carbocycles. The molecule has 12 aromatic rings. The van der Waals surface area contributed by atoms with Gasteiger partial charge in [-0.3, -0.25) is 0 Å². The van der Waals surface area contributed by atoms with Gasteiger partial charge in [0.2, 0.25) is 0 Å². The fourth-order valence-electron chi connectivity index (χ4n) is 12.4. The van der Waals surface area contributed by atoms with Crippen LogP contribution in [0.3, 0.4) is 0 Å². The highest BCUT2D eigenvalue weighted by Gasteiger charge is 2.46. The minimum atomic E-state index is -0.573. The predicted octanol–water partition coefficient (Wildman–Crippen LogP) is 18.2. The molecule has 0 fully saturated rings. The first kappa shape index (κ1) is 40.4. The maximum atomic E-state index is 7.54. The van der Waals surface area contributed by atoms with Crippen LogP contribution in [0, 0.1) is 0 Å². The molecule has 0 radical (unpaired) electrons. The van der Waals surface area contributed by atoms with Crippen molar-refractivity contribution in [1.29, 1.82) is 0 Å². The van der Waals surface area contributed by atoms with Crippen LogP contribution in [-0.2, 0) is 10.8 Å². The van der Waals surface area contributed by atoms with Crippen LogP contribution < -0.4 is 4.90 Å². The molecule has 0 aliphatic heterocycles. The smallest absolute Gasteiger partial charge is 0.160 e. The van der Waals surface area contributed by atoms with Gasteiger partial charge in [0.1, 0.15) is 5.58 Å². The van der Waals surface area contributed by atoms with Crippen molar-refractivity contribution in [1.82, 2.24) is 0 Å². The third-order valence-electron chi connectivity index (χ3n) is 15.5. The first-order valence-corrected chi connectivity index (χ1v) is 24.4. The lowest BCUT2D eigenvalue weighted by Gasteiger charge is -2.35. The molecular weight excluding hydrogens is 847 g/mol. The average Bonchev–Trinajstić information content (AvgIpc) is 4.04. The summed E-state index contributed by atoms with van der Waals surface area (Å²) in [5.41, 5.74) is 21.5. The Bertz CT molecular complexity index is 3980. The molecule has 1 heterocycles. The van der Waals surface area contributed by atoms with Gasteiger partial charge < -0.3 is 9.32 Å². The van der Waals surface area contributed by atoms with Gasteiger partial charge in [-0.15, -0.1) is 0 Å². The molecule has 11 aromatic carbocycles. The molecule has 0 bridgehead atoms. The first-order chi connectivity index (χ1) is 34.5. The normalized spacial score (nSPS) is 13.8. The van der Waals surface area contributed by atoms with Crippen molar-refractivity contribution in [3.8, 4) is 44.5 Å². The van der Waals surface area contributed by atoms with E-state index in [1.165, 1.54) is 66.8 Å². The lowest BCUT2D eigenvalue weighted by Crippen LogP contribution is -2.28. The highest BCUT2D eigenvalue weighted by molar-refractivity contribution is 6.24. The van der Waals surface area contributed by atoms with Crippen LogP contribution in [0.1, 0.15) is 47.2 Å². The van der Waals surface area contributed by atoms with Crippen molar-refractivity contribution < 1.29 is 4.42 Å². The molecule has 0 spiro atoms. The van der Waals surface area contributed by atoms with Gasteiger partial charge in [-0.25, -0.2) is 0 Å². The van der Waals surface area contributed by atoms with Crippen LogP contribution in [-0.4, -0.2) is 0 Å². The molecule has 0 saturated carbocycles. The Kier molecular flexibility index (Phi) is 8.88. The van der Waals surface area contributed by atoms with Gasteiger partial charge in [-0.05, 0) is 120 Å². The number of rotatable bonds is 7. The second kappa shape index (κ2) is 15.4. The third-order valence-corrected chi connectivity index (χ3v) is 15.5. The molecule has 70 heavy (non-hydrogen) atoms. The summed E-state index contributed by atoms with van der Waals surface area (Å²) in [7, 11) is 0. The monoisotopic (exact) mass is 893 g/mol. The molecular formula is C68H47NO. The van der Waals surface area contributed by atoms with E-state index in [4.69, 9.17) is 4.42 Å². The first-order valence-electron chi connectivity index (χ1n) is 24.4. The number of hydrogen-bond donors (Lipinski definition) is 0. The Morgan fingerprint density at radius 2 is 0.800 bits per heavy atom. The van der Waals surface area contributed by atoms with Crippen molar-refractivity contribution in [3.05, 3.63) is 282 Å². The Balaban J connectivity index is 1.10. The molecule has 0 unspecified atom stereocenters. The SMILES string of the molecule is CC1(C)c2ccccc2-c2ccc(N(c3ccc4c(c3)C(c3ccccc3)(c3ccccc3)c3ccccc3-4)c3ccc(-c4ccccc4)c4c3oc3c5ccccc5c(-c5ccccc5)cc34)cc21. The molecule has 0 N–H and O–H groups in total. The molecule has 2 nitrogen and oxygen atoms in total. The zero-order valence-corrected chi connectivity index (χ0v) is 39.0. The molecule has 2 heteroatoms. The van der Waals surface area contributed by atoms with Gasteiger partial charge in [0, 0.05) is 32.9 Å². The van der Waals surface area contributed by atoms with Crippen LogP contribution in [0.5, 0.6) is 0 Å². The Morgan fingerprint density at radius 1 is 0.329 bits per heavy atom. The van der Waals surface area contributed by atoms with Crippen molar-refractivity contribution in [2.45, 2.75) is 24.7 Å². The molecule has 0 atom stereocenters. The number of furan rings is 1. The molecule has 1 aromatic heterocycles. The number of fused-ring (bicyclic) bond motifs is 11. The summed E-state index contributed by atoms with van der Waals surface area (Å²) in [6, 6.07) is 91.7. The van der Waals surface area contributed by atoms with E-state index in [2.05, 4.69) is 267 Å². The quantitative estimate of drug-likeness (QED) is 0.158. The minimum absolute atomic E-state index is 0.207. The van der Waals surface area contributed by atoms with E-state index in [1.54, 1.807) is 0 Å². The second-order valence-corrected chi connectivity index (χ2v) is 19.5.